The van der Waals surface area contributed by atoms with Crippen molar-refractivity contribution in [3.63, 3.8) is 0 Å². The van der Waals surface area contributed by atoms with Gasteiger partial charge in [-0.15, -0.1) is 0 Å². The first kappa shape index (κ1) is 17.7. The number of halogens is 1. The number of hydrogen-bond donors (Lipinski definition) is 1. The Labute approximate surface area is 139 Å². The van der Waals surface area contributed by atoms with E-state index in [2.05, 4.69) is 4.90 Å². The van der Waals surface area contributed by atoms with Crippen LogP contribution in [0.5, 0.6) is 5.75 Å². The van der Waals surface area contributed by atoms with E-state index in [9.17, 15) is 9.90 Å². The molecule has 1 heterocycles. The van der Waals surface area contributed by atoms with Gasteiger partial charge in [-0.05, 0) is 12.1 Å². The second-order valence-corrected chi connectivity index (χ2v) is 5.52. The third-order valence-electron chi connectivity index (χ3n) is 3.58. The van der Waals surface area contributed by atoms with E-state index in [4.69, 9.17) is 25.5 Å². The van der Waals surface area contributed by atoms with E-state index in [1.54, 1.807) is 14.2 Å². The molecule has 0 bridgehead atoms. The Hall–Kier alpha value is -1.60. The molecule has 0 radical (unpaired) electrons. The second-order valence-electron chi connectivity index (χ2n) is 5.11. The van der Waals surface area contributed by atoms with Gasteiger partial charge in [0.15, 0.2) is 0 Å². The molecule has 0 atom stereocenters. The molecule has 126 valence electrons. The number of phenols is 1. The summed E-state index contributed by atoms with van der Waals surface area (Å²) in [6.07, 6.45) is 1.20. The fraction of sp³-hybridized carbons (Fsp3) is 0.438. The van der Waals surface area contributed by atoms with Crippen LogP contribution in [0.25, 0.3) is 11.0 Å². The molecule has 2 aromatic rings. The van der Waals surface area contributed by atoms with Gasteiger partial charge < -0.3 is 19.0 Å². The maximum absolute atomic E-state index is 12.1. The normalized spacial score (nSPS) is 11.5. The highest BCUT2D eigenvalue weighted by atomic mass is 35.5. The molecule has 6 nitrogen and oxygen atoms in total. The smallest absolute Gasteiger partial charge is 0.211 e. The highest BCUT2D eigenvalue weighted by molar-refractivity contribution is 6.30. The van der Waals surface area contributed by atoms with Gasteiger partial charge in [-0.2, -0.15) is 0 Å². The molecule has 0 saturated carbocycles. The third kappa shape index (κ3) is 4.23. The highest BCUT2D eigenvalue weighted by Crippen LogP contribution is 2.27. The van der Waals surface area contributed by atoms with Crippen molar-refractivity contribution in [2.45, 2.75) is 6.54 Å². The summed E-state index contributed by atoms with van der Waals surface area (Å²) in [5.74, 6) is 0.0720. The minimum Gasteiger partial charge on any atom is -0.507 e. The number of ether oxygens (including phenoxy) is 2. The van der Waals surface area contributed by atoms with Gasteiger partial charge in [-0.25, -0.2) is 0 Å². The molecule has 23 heavy (non-hydrogen) atoms. The Morgan fingerprint density at radius 3 is 2.48 bits per heavy atom. The lowest BCUT2D eigenvalue weighted by Crippen LogP contribution is -2.30. The lowest BCUT2D eigenvalue weighted by Gasteiger charge is -2.22. The number of methoxy groups -OCH3 is 2. The predicted molar refractivity (Wildman–Crippen MR) is 88.2 cm³/mol. The number of phenolic OH excluding ortho intramolecular Hbond substituents is 1. The molecule has 0 unspecified atom stereocenters. The van der Waals surface area contributed by atoms with Crippen LogP contribution in [-0.2, 0) is 16.0 Å². The van der Waals surface area contributed by atoms with Crippen LogP contribution in [0, 0.1) is 0 Å². The first-order valence-electron chi connectivity index (χ1n) is 7.20. The van der Waals surface area contributed by atoms with Crippen molar-refractivity contribution in [3.05, 3.63) is 39.2 Å². The lowest BCUT2D eigenvalue weighted by atomic mass is 10.1. The topological polar surface area (TPSA) is 72.1 Å². The summed E-state index contributed by atoms with van der Waals surface area (Å²) in [5, 5.41) is 10.6. The molecule has 2 rings (SSSR count). The van der Waals surface area contributed by atoms with Crippen molar-refractivity contribution < 1.29 is 19.0 Å². The van der Waals surface area contributed by atoms with Gasteiger partial charge in [0, 0.05) is 33.9 Å². The fourth-order valence-electron chi connectivity index (χ4n) is 2.31. The summed E-state index contributed by atoms with van der Waals surface area (Å²) in [4.78, 5) is 14.1. The van der Waals surface area contributed by atoms with E-state index in [1.165, 1.54) is 18.4 Å². The summed E-state index contributed by atoms with van der Waals surface area (Å²) in [6.45, 7) is 2.82. The van der Waals surface area contributed by atoms with E-state index in [-0.39, 0.29) is 16.2 Å². The van der Waals surface area contributed by atoms with E-state index in [1.807, 2.05) is 0 Å². The Morgan fingerprint density at radius 1 is 1.22 bits per heavy atom. The second kappa shape index (κ2) is 8.31. The fourth-order valence-corrected chi connectivity index (χ4v) is 2.46. The Balaban J connectivity index is 2.38. The van der Waals surface area contributed by atoms with Crippen LogP contribution in [0.3, 0.4) is 0 Å². The maximum Gasteiger partial charge on any atom is 0.211 e. The van der Waals surface area contributed by atoms with Crippen molar-refractivity contribution in [1.29, 1.82) is 0 Å². The Morgan fingerprint density at radius 2 is 1.87 bits per heavy atom. The average molecular weight is 342 g/mol. The number of rotatable bonds is 8. The summed E-state index contributed by atoms with van der Waals surface area (Å²) < 4.78 is 15.7. The zero-order chi connectivity index (χ0) is 16.8. The molecule has 0 aliphatic carbocycles. The molecule has 0 aliphatic heterocycles. The average Bonchev–Trinajstić information content (AvgIpc) is 2.55. The van der Waals surface area contributed by atoms with Gasteiger partial charge in [0.05, 0.1) is 24.2 Å². The zero-order valence-electron chi connectivity index (χ0n) is 13.2. The predicted octanol–water partition coefficient (Wildman–Crippen LogP) is 2.25. The van der Waals surface area contributed by atoms with Crippen LogP contribution >= 0.6 is 11.6 Å². The van der Waals surface area contributed by atoms with Crippen LogP contribution < -0.4 is 5.43 Å². The van der Waals surface area contributed by atoms with E-state index < -0.39 is 0 Å². The monoisotopic (exact) mass is 341 g/mol. The van der Waals surface area contributed by atoms with Crippen molar-refractivity contribution in [3.8, 4) is 5.75 Å². The Kier molecular flexibility index (Phi) is 6.41. The summed E-state index contributed by atoms with van der Waals surface area (Å²) in [6, 6.07) is 3.00. The molecule has 0 fully saturated rings. The van der Waals surface area contributed by atoms with Gasteiger partial charge in [-0.1, -0.05) is 11.6 Å². The molecule has 0 saturated heterocycles. The number of benzene rings is 1. The minimum absolute atomic E-state index is 0.0183. The lowest BCUT2D eigenvalue weighted by molar-refractivity contribution is 0.110. The van der Waals surface area contributed by atoms with Crippen LogP contribution in [0.15, 0.2) is 27.6 Å². The van der Waals surface area contributed by atoms with Gasteiger partial charge in [-0.3, -0.25) is 9.69 Å². The van der Waals surface area contributed by atoms with E-state index in [0.29, 0.717) is 49.4 Å². The van der Waals surface area contributed by atoms with Crippen LogP contribution in [0.1, 0.15) is 5.56 Å². The van der Waals surface area contributed by atoms with E-state index >= 15 is 0 Å². The molecule has 0 aliphatic rings. The molecule has 1 aromatic heterocycles. The largest absolute Gasteiger partial charge is 0.507 e. The van der Waals surface area contributed by atoms with Crippen molar-refractivity contribution in [2.75, 3.05) is 40.5 Å². The van der Waals surface area contributed by atoms with Crippen molar-refractivity contribution in [1.82, 2.24) is 4.90 Å². The molecule has 0 amide bonds. The zero-order valence-corrected chi connectivity index (χ0v) is 13.9. The van der Waals surface area contributed by atoms with Gasteiger partial charge in [0.25, 0.3) is 0 Å². The van der Waals surface area contributed by atoms with Crippen LogP contribution in [0.2, 0.25) is 5.02 Å². The summed E-state index contributed by atoms with van der Waals surface area (Å²) in [7, 11) is 3.26. The maximum atomic E-state index is 12.1. The minimum atomic E-state index is -0.311. The Bertz CT molecular complexity index is 707. The van der Waals surface area contributed by atoms with Crippen LogP contribution in [-0.4, -0.2) is 50.5 Å². The molecule has 1 aromatic carbocycles. The highest BCUT2D eigenvalue weighted by Gasteiger charge is 2.16. The first-order valence-corrected chi connectivity index (χ1v) is 7.58. The first-order chi connectivity index (χ1) is 11.1. The number of hydrogen-bond acceptors (Lipinski definition) is 6. The van der Waals surface area contributed by atoms with Crippen LogP contribution in [0.4, 0.5) is 0 Å². The van der Waals surface area contributed by atoms with Gasteiger partial charge in [0.1, 0.15) is 22.6 Å². The van der Waals surface area contributed by atoms with E-state index in [0.717, 1.165) is 0 Å². The molecular weight excluding hydrogens is 322 g/mol. The molecular formula is C16H20ClNO5. The number of aromatic hydroxyl groups is 1. The van der Waals surface area contributed by atoms with Crippen molar-refractivity contribution in [2.24, 2.45) is 0 Å². The number of fused-ring (bicyclic) bond motifs is 1. The number of nitrogens with zero attached hydrogens (tertiary/aromatic N) is 1. The molecule has 1 N–H and O–H groups in total. The standard InChI is InChI=1S/C16H20ClNO5/c1-21-7-5-18(6-8-22-2)9-12-14(19)4-3-11-15(20)13(17)10-23-16(11)12/h3-4,10,19H,5-9H2,1-2H3. The van der Waals surface area contributed by atoms with Crippen molar-refractivity contribution >= 4 is 22.6 Å². The summed E-state index contributed by atoms with van der Waals surface area (Å²) >= 11 is 5.81. The molecule has 7 heteroatoms. The van der Waals surface area contributed by atoms with Gasteiger partial charge >= 0.3 is 0 Å². The molecule has 0 spiro atoms. The SMILES string of the molecule is COCCN(CCOC)Cc1c(O)ccc2c(=O)c(Cl)coc12. The quantitative estimate of drug-likeness (QED) is 0.794. The third-order valence-corrected chi connectivity index (χ3v) is 3.84. The van der Waals surface area contributed by atoms with Gasteiger partial charge in [0.2, 0.25) is 5.43 Å². The summed E-state index contributed by atoms with van der Waals surface area (Å²) in [5.41, 5.74) is 0.581.